The third kappa shape index (κ3) is 3.52. The van der Waals surface area contributed by atoms with Crippen LogP contribution in [0.15, 0.2) is 34.3 Å². The number of primary sulfonamides is 1. The first-order valence-electron chi connectivity index (χ1n) is 7.04. The van der Waals surface area contributed by atoms with E-state index in [-0.39, 0.29) is 5.82 Å². The highest BCUT2D eigenvalue weighted by atomic mass is 32.2. The van der Waals surface area contributed by atoms with Gasteiger partial charge < -0.3 is 19.5 Å². The quantitative estimate of drug-likeness (QED) is 0.503. The lowest BCUT2D eigenvalue weighted by Crippen LogP contribution is -2.30. The molecule has 1 unspecified atom stereocenters. The standard InChI is InChI=1S/C13H12N6O6S/c1-6(24-13(21)7-2-3-8(25-7)26(14,22)23)12(20)19-11-9-10(16-4-15-9)17-5-18-11/h2-6H,1H3,(H2,14,22,23)(H2,15,16,17,18,19,20). The lowest BCUT2D eigenvalue weighted by molar-refractivity contribution is -0.123. The van der Waals surface area contributed by atoms with Crippen LogP contribution in [0.2, 0.25) is 0 Å². The molecule has 136 valence electrons. The van der Waals surface area contributed by atoms with Crippen molar-refractivity contribution < 1.29 is 27.2 Å². The van der Waals surface area contributed by atoms with Crippen LogP contribution >= 0.6 is 0 Å². The number of aromatic nitrogens is 4. The summed E-state index contributed by atoms with van der Waals surface area (Å²) in [5.74, 6) is -1.95. The van der Waals surface area contributed by atoms with E-state index in [0.717, 1.165) is 12.1 Å². The van der Waals surface area contributed by atoms with Gasteiger partial charge in [0.05, 0.1) is 6.33 Å². The van der Waals surface area contributed by atoms with E-state index in [2.05, 4.69) is 25.3 Å². The second-order valence-corrected chi connectivity index (χ2v) is 6.52. The predicted octanol–water partition coefficient (Wildman–Crippen LogP) is -0.223. The molecular weight excluding hydrogens is 368 g/mol. The summed E-state index contributed by atoms with van der Waals surface area (Å²) in [5, 5.41) is 6.76. The molecule has 1 amide bonds. The zero-order valence-electron chi connectivity index (χ0n) is 13.2. The third-order valence-corrected chi connectivity index (χ3v) is 3.96. The van der Waals surface area contributed by atoms with E-state index in [0.29, 0.717) is 11.2 Å². The van der Waals surface area contributed by atoms with Crippen molar-refractivity contribution in [2.45, 2.75) is 18.1 Å². The lowest BCUT2D eigenvalue weighted by Gasteiger charge is -2.12. The van der Waals surface area contributed by atoms with Gasteiger partial charge in [-0.3, -0.25) is 4.79 Å². The molecule has 0 saturated heterocycles. The molecule has 12 nitrogen and oxygen atoms in total. The molecule has 0 saturated carbocycles. The Morgan fingerprint density at radius 3 is 2.77 bits per heavy atom. The number of esters is 1. The second kappa shape index (κ2) is 6.53. The third-order valence-electron chi connectivity index (χ3n) is 3.18. The summed E-state index contributed by atoms with van der Waals surface area (Å²) in [4.78, 5) is 38.6. The van der Waals surface area contributed by atoms with Gasteiger partial charge in [0, 0.05) is 0 Å². The second-order valence-electron chi connectivity index (χ2n) is 5.02. The molecule has 1 atom stereocenters. The van der Waals surface area contributed by atoms with Gasteiger partial charge in [0.2, 0.25) is 10.9 Å². The molecular formula is C13H12N6O6S. The first kappa shape index (κ1) is 17.5. The molecule has 4 N–H and O–H groups in total. The number of aromatic amines is 1. The van der Waals surface area contributed by atoms with E-state index in [1.807, 2.05) is 0 Å². The molecule has 0 fully saturated rings. The molecule has 3 aromatic rings. The number of furan rings is 1. The van der Waals surface area contributed by atoms with Gasteiger partial charge in [-0.2, -0.15) is 0 Å². The van der Waals surface area contributed by atoms with Crippen LogP contribution in [0.1, 0.15) is 17.5 Å². The molecule has 0 radical (unpaired) electrons. The minimum atomic E-state index is -4.09. The first-order valence-corrected chi connectivity index (χ1v) is 8.59. The summed E-state index contributed by atoms with van der Waals surface area (Å²) in [6, 6.07) is 2.08. The van der Waals surface area contributed by atoms with Crippen LogP contribution in [-0.4, -0.2) is 46.3 Å². The molecule has 13 heteroatoms. The van der Waals surface area contributed by atoms with E-state index < -0.39 is 38.9 Å². The van der Waals surface area contributed by atoms with Crippen molar-refractivity contribution in [2.75, 3.05) is 5.32 Å². The summed E-state index contributed by atoms with van der Waals surface area (Å²) in [6.45, 7) is 1.32. The first-order chi connectivity index (χ1) is 12.3. The predicted molar refractivity (Wildman–Crippen MR) is 85.3 cm³/mol. The number of sulfonamides is 1. The SMILES string of the molecule is CC(OC(=O)c1ccc(S(N)(=O)=O)o1)C(=O)Nc1ncnc2nc[nH]c12. The fraction of sp³-hybridized carbons (Fsp3) is 0.154. The maximum absolute atomic E-state index is 12.2. The minimum Gasteiger partial charge on any atom is -0.447 e. The minimum absolute atomic E-state index is 0.162. The Kier molecular flexibility index (Phi) is 4.40. The Bertz CT molecular complexity index is 1090. The maximum atomic E-state index is 12.2. The highest BCUT2D eigenvalue weighted by molar-refractivity contribution is 7.89. The summed E-state index contributed by atoms with van der Waals surface area (Å²) in [7, 11) is -4.09. The van der Waals surface area contributed by atoms with E-state index in [1.165, 1.54) is 19.6 Å². The van der Waals surface area contributed by atoms with Gasteiger partial charge in [0.25, 0.3) is 15.9 Å². The largest absolute Gasteiger partial charge is 0.447 e. The molecule has 0 aliphatic carbocycles. The zero-order chi connectivity index (χ0) is 18.9. The van der Waals surface area contributed by atoms with Crippen LogP contribution < -0.4 is 10.5 Å². The van der Waals surface area contributed by atoms with Gasteiger partial charge in [-0.1, -0.05) is 0 Å². The molecule has 3 aromatic heterocycles. The van der Waals surface area contributed by atoms with Crippen molar-refractivity contribution in [3.8, 4) is 0 Å². The summed E-state index contributed by atoms with van der Waals surface area (Å²) in [5.41, 5.74) is 0.759. The number of nitrogens with zero attached hydrogens (tertiary/aromatic N) is 3. The van der Waals surface area contributed by atoms with E-state index >= 15 is 0 Å². The number of ether oxygens (including phenoxy) is 1. The van der Waals surface area contributed by atoms with Gasteiger partial charge in [0.15, 0.2) is 17.6 Å². The highest BCUT2D eigenvalue weighted by Crippen LogP contribution is 2.16. The van der Waals surface area contributed by atoms with Crippen LogP contribution in [0, 0.1) is 0 Å². The van der Waals surface area contributed by atoms with Crippen LogP contribution in [0.5, 0.6) is 0 Å². The summed E-state index contributed by atoms with van der Waals surface area (Å²) >= 11 is 0. The normalized spacial score (nSPS) is 12.7. The van der Waals surface area contributed by atoms with E-state index in [4.69, 9.17) is 14.3 Å². The Labute approximate surface area is 145 Å². The number of H-pyrrole nitrogens is 1. The summed E-state index contributed by atoms with van der Waals surface area (Å²) < 4.78 is 32.0. The van der Waals surface area contributed by atoms with Crippen LogP contribution in [0.3, 0.4) is 0 Å². The molecule has 0 spiro atoms. The molecule has 0 aliphatic heterocycles. The van der Waals surface area contributed by atoms with Gasteiger partial charge in [0.1, 0.15) is 11.8 Å². The van der Waals surface area contributed by atoms with Gasteiger partial charge in [-0.15, -0.1) is 0 Å². The van der Waals surface area contributed by atoms with Crippen LogP contribution in [-0.2, 0) is 19.6 Å². The number of hydrogen-bond acceptors (Lipinski definition) is 9. The molecule has 3 rings (SSSR count). The number of hydrogen-bond donors (Lipinski definition) is 3. The van der Waals surface area contributed by atoms with Gasteiger partial charge in [-0.05, 0) is 19.1 Å². The van der Waals surface area contributed by atoms with Crippen molar-refractivity contribution in [2.24, 2.45) is 5.14 Å². The fourth-order valence-electron chi connectivity index (χ4n) is 1.93. The number of anilines is 1. The Morgan fingerprint density at radius 2 is 2.08 bits per heavy atom. The Morgan fingerprint density at radius 1 is 1.31 bits per heavy atom. The van der Waals surface area contributed by atoms with Crippen molar-refractivity contribution in [1.82, 2.24) is 19.9 Å². The highest BCUT2D eigenvalue weighted by Gasteiger charge is 2.24. The number of imidazole rings is 1. The van der Waals surface area contributed by atoms with Crippen LogP contribution in [0.4, 0.5) is 5.82 Å². The van der Waals surface area contributed by atoms with Gasteiger partial charge >= 0.3 is 5.97 Å². The van der Waals surface area contributed by atoms with Crippen molar-refractivity contribution in [3.63, 3.8) is 0 Å². The van der Waals surface area contributed by atoms with Crippen molar-refractivity contribution >= 4 is 38.9 Å². The molecule has 0 aromatic carbocycles. The average Bonchev–Trinajstić information content (AvgIpc) is 3.24. The van der Waals surface area contributed by atoms with Crippen molar-refractivity contribution in [1.29, 1.82) is 0 Å². The molecule has 26 heavy (non-hydrogen) atoms. The maximum Gasteiger partial charge on any atom is 0.375 e. The number of nitrogens with two attached hydrogens (primary N) is 1. The number of carbonyl (C=O) groups excluding carboxylic acids is 2. The molecule has 0 bridgehead atoms. The molecule has 3 heterocycles. The number of fused-ring (bicyclic) bond motifs is 1. The van der Waals surface area contributed by atoms with E-state index in [9.17, 15) is 18.0 Å². The fourth-order valence-corrected chi connectivity index (χ4v) is 2.40. The summed E-state index contributed by atoms with van der Waals surface area (Å²) in [6.07, 6.45) is 1.38. The van der Waals surface area contributed by atoms with E-state index in [1.54, 1.807) is 0 Å². The lowest BCUT2D eigenvalue weighted by atomic mass is 10.3. The Hall–Kier alpha value is -3.32. The number of amides is 1. The monoisotopic (exact) mass is 380 g/mol. The number of nitrogens with one attached hydrogen (secondary N) is 2. The van der Waals surface area contributed by atoms with Gasteiger partial charge in [-0.25, -0.2) is 33.3 Å². The smallest absolute Gasteiger partial charge is 0.375 e. The Balaban J connectivity index is 1.68. The molecule has 0 aliphatic rings. The number of carbonyl (C=O) groups is 2. The zero-order valence-corrected chi connectivity index (χ0v) is 14.0. The van der Waals surface area contributed by atoms with Crippen molar-refractivity contribution in [3.05, 3.63) is 30.5 Å². The average molecular weight is 380 g/mol. The topological polar surface area (TPSA) is 183 Å². The van der Waals surface area contributed by atoms with Crippen LogP contribution in [0.25, 0.3) is 11.2 Å². The number of rotatable bonds is 5.